The molecule has 0 saturated heterocycles. The summed E-state index contributed by atoms with van der Waals surface area (Å²) in [5, 5.41) is 18.7. The summed E-state index contributed by atoms with van der Waals surface area (Å²) in [5.41, 5.74) is 1.78. The molecule has 2 atom stereocenters. The standard InChI is InChI=1S/C30H26F5N5O5/c1-29(27(36)42)12-45-25-17(29)9-20(38-24(25)16-5-6-18(31)22(33)21(16)32)30(43,15-3-4-15)11-37-26(41)13-7-14-10-40(28(34)35)39-23(14)19(8-13)44-2/h5-10,15,28,43H,3-4,11-12H2,1-2H3,(H2,36,42)(H,37,41)/t29-,30?/m0/s1. The van der Waals surface area contributed by atoms with E-state index in [-0.39, 0.29) is 51.5 Å². The highest BCUT2D eigenvalue weighted by Gasteiger charge is 2.50. The van der Waals surface area contributed by atoms with Gasteiger partial charge in [-0.25, -0.2) is 22.8 Å². The average Bonchev–Trinajstić information content (AvgIpc) is 3.69. The predicted octanol–water partition coefficient (Wildman–Crippen LogP) is 4.08. The van der Waals surface area contributed by atoms with E-state index in [0.717, 1.165) is 12.3 Å². The van der Waals surface area contributed by atoms with Gasteiger partial charge in [0.05, 0.1) is 19.3 Å². The van der Waals surface area contributed by atoms with E-state index < -0.39 is 64.9 Å². The van der Waals surface area contributed by atoms with Gasteiger partial charge in [0.15, 0.2) is 17.5 Å². The minimum absolute atomic E-state index is 0.0208. The highest BCUT2D eigenvalue weighted by molar-refractivity contribution is 6.00. The summed E-state index contributed by atoms with van der Waals surface area (Å²) >= 11 is 0. The van der Waals surface area contributed by atoms with Crippen LogP contribution in [0, 0.1) is 23.4 Å². The van der Waals surface area contributed by atoms with Gasteiger partial charge < -0.3 is 25.6 Å². The van der Waals surface area contributed by atoms with Crippen molar-refractivity contribution in [1.82, 2.24) is 20.1 Å². The van der Waals surface area contributed by atoms with Crippen molar-refractivity contribution in [2.24, 2.45) is 11.7 Å². The summed E-state index contributed by atoms with van der Waals surface area (Å²) in [6.45, 7) is -2.12. The van der Waals surface area contributed by atoms with Crippen LogP contribution in [0.2, 0.25) is 0 Å². The topological polar surface area (TPSA) is 142 Å². The van der Waals surface area contributed by atoms with Crippen molar-refractivity contribution in [3.63, 3.8) is 0 Å². The minimum atomic E-state index is -2.92. The minimum Gasteiger partial charge on any atom is -0.494 e. The highest BCUT2D eigenvalue weighted by atomic mass is 19.3. The molecule has 1 aliphatic heterocycles. The number of carbonyl (C=O) groups is 2. The molecular weight excluding hydrogens is 605 g/mol. The number of alkyl halides is 2. The molecule has 2 amide bonds. The van der Waals surface area contributed by atoms with Crippen molar-refractivity contribution in [2.45, 2.75) is 37.3 Å². The quantitative estimate of drug-likeness (QED) is 0.187. The van der Waals surface area contributed by atoms with Crippen molar-refractivity contribution in [2.75, 3.05) is 20.3 Å². The Bertz CT molecular complexity index is 1880. The molecule has 10 nitrogen and oxygen atoms in total. The molecule has 1 unspecified atom stereocenters. The van der Waals surface area contributed by atoms with E-state index >= 15 is 4.39 Å². The second-order valence-corrected chi connectivity index (χ2v) is 11.3. The molecule has 2 aliphatic rings. The number of rotatable bonds is 9. The number of aliphatic hydroxyl groups is 1. The van der Waals surface area contributed by atoms with Crippen molar-refractivity contribution in [1.29, 1.82) is 0 Å². The zero-order valence-electron chi connectivity index (χ0n) is 23.8. The number of aromatic nitrogens is 3. The Labute approximate surface area is 251 Å². The third-order valence-electron chi connectivity index (χ3n) is 8.39. The summed E-state index contributed by atoms with van der Waals surface area (Å²) in [4.78, 5) is 30.3. The Morgan fingerprint density at radius 1 is 1.22 bits per heavy atom. The molecule has 4 N–H and O–H groups in total. The maximum absolute atomic E-state index is 15.0. The lowest BCUT2D eigenvalue weighted by Gasteiger charge is -2.30. The number of benzene rings is 2. The van der Waals surface area contributed by atoms with E-state index in [1.807, 2.05) is 0 Å². The fourth-order valence-electron chi connectivity index (χ4n) is 5.53. The number of halogens is 5. The molecule has 0 bridgehead atoms. The predicted molar refractivity (Wildman–Crippen MR) is 148 cm³/mol. The van der Waals surface area contributed by atoms with Crippen LogP contribution >= 0.6 is 0 Å². The zero-order chi connectivity index (χ0) is 32.4. The van der Waals surface area contributed by atoms with Gasteiger partial charge in [0.1, 0.15) is 40.3 Å². The second kappa shape index (κ2) is 10.7. The Morgan fingerprint density at radius 3 is 2.60 bits per heavy atom. The van der Waals surface area contributed by atoms with Gasteiger partial charge in [-0.05, 0) is 56.0 Å². The van der Waals surface area contributed by atoms with Crippen LogP contribution in [0.4, 0.5) is 22.0 Å². The second-order valence-electron chi connectivity index (χ2n) is 11.3. The van der Waals surface area contributed by atoms with E-state index in [1.54, 1.807) is 0 Å². The Morgan fingerprint density at radius 2 is 1.96 bits per heavy atom. The molecule has 236 valence electrons. The molecular formula is C30H26F5N5O5. The number of pyridine rings is 1. The van der Waals surface area contributed by atoms with Gasteiger partial charge in [-0.3, -0.25) is 9.59 Å². The SMILES string of the molecule is COc1cc(C(=O)NCC(O)(c2cc3c(c(-c4ccc(F)c(F)c4F)n2)OC[C@]3(C)C(N)=O)C2CC2)cc2cn(C(F)F)nc12. The summed E-state index contributed by atoms with van der Waals surface area (Å²) in [6, 6.07) is 5.69. The molecule has 45 heavy (non-hydrogen) atoms. The molecule has 2 aromatic carbocycles. The smallest absolute Gasteiger partial charge is 0.333 e. The zero-order valence-corrected chi connectivity index (χ0v) is 23.8. The van der Waals surface area contributed by atoms with Crippen LogP contribution in [0.5, 0.6) is 11.5 Å². The number of fused-ring (bicyclic) bond motifs is 2. The molecule has 3 heterocycles. The molecule has 2 aromatic heterocycles. The van der Waals surface area contributed by atoms with E-state index in [2.05, 4.69) is 15.4 Å². The van der Waals surface area contributed by atoms with Crippen molar-refractivity contribution in [3.05, 3.63) is 70.8 Å². The molecule has 1 saturated carbocycles. The lowest BCUT2D eigenvalue weighted by atomic mass is 9.81. The van der Waals surface area contributed by atoms with Crippen LogP contribution in [-0.4, -0.2) is 51.9 Å². The first-order chi connectivity index (χ1) is 21.3. The van der Waals surface area contributed by atoms with Gasteiger partial charge in [0.2, 0.25) is 5.91 Å². The molecule has 0 spiro atoms. The van der Waals surface area contributed by atoms with E-state index in [0.29, 0.717) is 23.6 Å². The fourth-order valence-corrected chi connectivity index (χ4v) is 5.53. The number of amides is 2. The summed E-state index contributed by atoms with van der Waals surface area (Å²) < 4.78 is 81.0. The number of nitrogens with zero attached hydrogens (tertiary/aromatic N) is 3. The summed E-state index contributed by atoms with van der Waals surface area (Å²) in [7, 11) is 1.29. The first kappa shape index (κ1) is 30.2. The fraction of sp³-hybridized carbons (Fsp3) is 0.333. The molecule has 6 rings (SSSR count). The summed E-state index contributed by atoms with van der Waals surface area (Å²) in [5.74, 6) is -6.68. The van der Waals surface area contributed by atoms with E-state index in [4.69, 9.17) is 15.2 Å². The number of methoxy groups -OCH3 is 1. The normalized spacial score (nSPS) is 18.9. The molecule has 4 aromatic rings. The largest absolute Gasteiger partial charge is 0.494 e. The van der Waals surface area contributed by atoms with Crippen LogP contribution in [0.3, 0.4) is 0 Å². The number of carbonyl (C=O) groups excluding carboxylic acids is 2. The molecule has 0 radical (unpaired) electrons. The number of primary amides is 1. The Balaban J connectivity index is 1.41. The first-order valence-electron chi connectivity index (χ1n) is 13.8. The van der Waals surface area contributed by atoms with Crippen molar-refractivity contribution in [3.8, 4) is 22.8 Å². The maximum Gasteiger partial charge on any atom is 0.333 e. The first-order valence-corrected chi connectivity index (χ1v) is 13.8. The summed E-state index contributed by atoms with van der Waals surface area (Å²) in [6.07, 6.45) is 2.11. The number of nitrogens with two attached hydrogens (primary N) is 1. The van der Waals surface area contributed by atoms with Crippen LogP contribution in [0.25, 0.3) is 22.2 Å². The van der Waals surface area contributed by atoms with Gasteiger partial charge in [0, 0.05) is 28.3 Å². The number of hydrogen-bond acceptors (Lipinski definition) is 7. The Hall–Kier alpha value is -4.79. The van der Waals surface area contributed by atoms with Gasteiger partial charge >= 0.3 is 6.55 Å². The van der Waals surface area contributed by atoms with Crippen LogP contribution in [0.1, 0.15) is 47.9 Å². The third kappa shape index (κ3) is 4.90. The highest BCUT2D eigenvalue weighted by Crippen LogP contribution is 2.50. The van der Waals surface area contributed by atoms with Gasteiger partial charge in [0.25, 0.3) is 5.91 Å². The number of ether oxygens (including phenoxy) is 2. The van der Waals surface area contributed by atoms with Crippen LogP contribution < -0.4 is 20.5 Å². The van der Waals surface area contributed by atoms with E-state index in [1.165, 1.54) is 32.2 Å². The van der Waals surface area contributed by atoms with Crippen LogP contribution in [0.15, 0.2) is 36.5 Å². The number of nitrogens with one attached hydrogen (secondary N) is 1. The monoisotopic (exact) mass is 631 g/mol. The molecule has 1 aliphatic carbocycles. The molecule has 15 heteroatoms. The average molecular weight is 632 g/mol. The van der Waals surface area contributed by atoms with Gasteiger partial charge in [-0.15, -0.1) is 0 Å². The third-order valence-corrected chi connectivity index (χ3v) is 8.39. The molecule has 1 fully saturated rings. The lowest BCUT2D eigenvalue weighted by molar-refractivity contribution is -0.123. The van der Waals surface area contributed by atoms with Gasteiger partial charge in [-0.2, -0.15) is 13.9 Å². The maximum atomic E-state index is 15.0. The van der Waals surface area contributed by atoms with Crippen molar-refractivity contribution >= 4 is 22.7 Å². The Kier molecular flexibility index (Phi) is 7.18. The van der Waals surface area contributed by atoms with Crippen LogP contribution in [-0.2, 0) is 15.8 Å². The number of hydrogen-bond donors (Lipinski definition) is 3. The lowest BCUT2D eigenvalue weighted by Crippen LogP contribution is -2.44. The van der Waals surface area contributed by atoms with E-state index in [9.17, 15) is 32.3 Å². The van der Waals surface area contributed by atoms with Crippen molar-refractivity contribution < 1.29 is 46.1 Å². The van der Waals surface area contributed by atoms with Gasteiger partial charge in [-0.1, -0.05) is 0 Å².